The first-order valence-corrected chi connectivity index (χ1v) is 10.2. The number of carbonyl (C=O) groups excluding carboxylic acids is 3. The minimum Gasteiger partial charge on any atom is -0.508 e. The van der Waals surface area contributed by atoms with Gasteiger partial charge in [0.05, 0.1) is 17.2 Å². The fourth-order valence-corrected chi connectivity index (χ4v) is 5.51. The Labute approximate surface area is 195 Å². The molecule has 0 spiro atoms. The van der Waals surface area contributed by atoms with Gasteiger partial charge in [-0.15, -0.1) is 0 Å². The van der Waals surface area contributed by atoms with Crippen LogP contribution in [-0.4, -0.2) is 68.5 Å². The van der Waals surface area contributed by atoms with Gasteiger partial charge in [0.1, 0.15) is 22.8 Å². The summed E-state index contributed by atoms with van der Waals surface area (Å²) in [5.41, 5.74) is 2.04. The van der Waals surface area contributed by atoms with E-state index in [0.717, 1.165) is 0 Å². The Bertz CT molecular complexity index is 1260. The Morgan fingerprint density at radius 3 is 2.41 bits per heavy atom. The van der Waals surface area contributed by atoms with E-state index in [-0.39, 0.29) is 48.4 Å². The number of fused-ring (bicyclic) bond motifs is 3. The molecule has 0 heterocycles. The number of diazo groups is 1. The number of amides is 1. The normalized spacial score (nSPS) is 28.1. The van der Waals surface area contributed by atoms with E-state index >= 15 is 0 Å². The van der Waals surface area contributed by atoms with E-state index < -0.39 is 58.0 Å². The van der Waals surface area contributed by atoms with Crippen LogP contribution in [0.5, 0.6) is 5.75 Å². The van der Waals surface area contributed by atoms with E-state index in [1.165, 1.54) is 32.0 Å². The number of phenols is 1. The minimum absolute atomic E-state index is 0. The van der Waals surface area contributed by atoms with Crippen molar-refractivity contribution in [3.63, 3.8) is 0 Å². The second-order valence-corrected chi connectivity index (χ2v) is 8.98. The molecule has 4 rings (SSSR count). The van der Waals surface area contributed by atoms with Crippen LogP contribution >= 0.6 is 0 Å². The smallest absolute Gasteiger partial charge is 0.389 e. The van der Waals surface area contributed by atoms with Crippen LogP contribution in [0.25, 0.3) is 10.7 Å². The van der Waals surface area contributed by atoms with Crippen LogP contribution in [0.2, 0.25) is 0 Å². The average Bonchev–Trinajstić information content (AvgIpc) is 2.72. The Morgan fingerprint density at radius 2 is 1.88 bits per heavy atom. The number of aliphatic hydroxyl groups excluding tert-OH is 2. The summed E-state index contributed by atoms with van der Waals surface area (Å²) in [4.78, 5) is 43.2. The quantitative estimate of drug-likeness (QED) is 0.313. The molecule has 4 atom stereocenters. The van der Waals surface area contributed by atoms with Gasteiger partial charge >= 0.3 is 5.69 Å². The number of hydrogen-bond acceptors (Lipinski definition) is 9. The molecule has 1 fully saturated rings. The predicted molar refractivity (Wildman–Crippen MR) is 120 cm³/mol. The number of aryl methyl sites for hydroxylation is 1. The highest BCUT2D eigenvalue weighted by atomic mass is 16.3. The van der Waals surface area contributed by atoms with Gasteiger partial charge in [-0.3, -0.25) is 19.3 Å². The van der Waals surface area contributed by atoms with Gasteiger partial charge < -0.3 is 26.2 Å². The average molecular weight is 471 g/mol. The van der Waals surface area contributed by atoms with E-state index in [2.05, 4.69) is 4.98 Å². The molecule has 11 heteroatoms. The maximum Gasteiger partial charge on any atom is 0.389 e. The largest absolute Gasteiger partial charge is 0.508 e. The van der Waals surface area contributed by atoms with Gasteiger partial charge in [0, 0.05) is 17.6 Å². The molecule has 0 aromatic heterocycles. The van der Waals surface area contributed by atoms with E-state index in [0.29, 0.717) is 5.56 Å². The number of likely N-dealkylation sites (N-methyl/N-ethyl adjacent to an activating group) is 1. The van der Waals surface area contributed by atoms with Gasteiger partial charge in [-0.2, -0.15) is 0 Å². The molecule has 34 heavy (non-hydrogen) atoms. The van der Waals surface area contributed by atoms with Crippen LogP contribution in [0.1, 0.15) is 30.5 Å². The topological polar surface area (TPSA) is 190 Å². The lowest BCUT2D eigenvalue weighted by Gasteiger charge is -2.50. The number of carbonyl (C=O) groups is 3. The highest BCUT2D eigenvalue weighted by molar-refractivity contribution is 6.24. The van der Waals surface area contributed by atoms with Gasteiger partial charge in [0.2, 0.25) is 11.2 Å². The van der Waals surface area contributed by atoms with Crippen LogP contribution in [0.3, 0.4) is 0 Å². The van der Waals surface area contributed by atoms with Crippen LogP contribution < -0.4 is 5.73 Å². The van der Waals surface area contributed by atoms with Crippen molar-refractivity contribution in [3.8, 4) is 5.75 Å². The van der Waals surface area contributed by atoms with Crippen LogP contribution in [0.4, 0.5) is 5.69 Å². The molecule has 6 N–H and O–H groups in total. The maximum atomic E-state index is 13.6. The van der Waals surface area contributed by atoms with Crippen molar-refractivity contribution in [2.75, 3.05) is 14.1 Å². The summed E-state index contributed by atoms with van der Waals surface area (Å²) >= 11 is 0. The first-order valence-electron chi connectivity index (χ1n) is 10.2. The number of aromatic hydroxyl groups is 1. The Hall–Kier alpha value is -3.75. The fourth-order valence-electron chi connectivity index (χ4n) is 5.51. The third-order valence-corrected chi connectivity index (χ3v) is 7.00. The number of ketones is 2. The molecule has 180 valence electrons. The molecule has 3 aliphatic rings. The molecule has 0 saturated heterocycles. The summed E-state index contributed by atoms with van der Waals surface area (Å²) in [6, 6.07) is 0.268. The molecule has 1 aromatic rings. The summed E-state index contributed by atoms with van der Waals surface area (Å²) in [7, 11) is 3.05. The van der Waals surface area contributed by atoms with Gasteiger partial charge in [0.25, 0.3) is 5.91 Å². The molecule has 1 amide bonds. The van der Waals surface area contributed by atoms with Crippen molar-refractivity contribution in [1.82, 2.24) is 4.90 Å². The van der Waals surface area contributed by atoms with E-state index in [1.54, 1.807) is 0 Å². The molecular weight excluding hydrogens is 444 g/mol. The lowest BCUT2D eigenvalue weighted by atomic mass is 9.57. The Morgan fingerprint density at radius 1 is 1.26 bits per heavy atom. The second-order valence-electron chi connectivity index (χ2n) is 8.98. The third-order valence-electron chi connectivity index (χ3n) is 7.00. The molecule has 1 aromatic carbocycles. The number of Topliss-reactive ketones (excluding diaryl/α,β-unsaturated/α-hetero) is 2. The first-order chi connectivity index (χ1) is 15.4. The van der Waals surface area contributed by atoms with Crippen LogP contribution in [-0.2, 0) is 20.8 Å². The molecule has 1 saturated carbocycles. The second kappa shape index (κ2) is 7.93. The molecule has 11 nitrogen and oxygen atoms in total. The summed E-state index contributed by atoms with van der Waals surface area (Å²) in [6.45, 7) is 1.52. The van der Waals surface area contributed by atoms with E-state index in [1.807, 2.05) is 0 Å². The Balaban J connectivity index is 0.00000324. The summed E-state index contributed by atoms with van der Waals surface area (Å²) in [5.74, 6) is -7.19. The maximum absolute atomic E-state index is 13.6. The fraction of sp³-hybridized carbons (Fsp3) is 0.435. The molecule has 0 aliphatic heterocycles. The van der Waals surface area contributed by atoms with E-state index in [9.17, 15) is 40.2 Å². The van der Waals surface area contributed by atoms with Crippen molar-refractivity contribution in [2.24, 2.45) is 17.6 Å². The molecular formula is C23H27N4O7+. The van der Waals surface area contributed by atoms with Crippen molar-refractivity contribution in [2.45, 2.75) is 38.8 Å². The highest BCUT2D eigenvalue weighted by Crippen LogP contribution is 2.54. The predicted octanol–water partition coefficient (Wildman–Crippen LogP) is 1.39. The van der Waals surface area contributed by atoms with Crippen molar-refractivity contribution >= 4 is 28.9 Å². The number of nitrogens with zero attached hydrogens (tertiary/aromatic N) is 3. The van der Waals surface area contributed by atoms with Crippen molar-refractivity contribution in [3.05, 3.63) is 44.6 Å². The highest BCUT2D eigenvalue weighted by Gasteiger charge is 2.64. The van der Waals surface area contributed by atoms with E-state index in [4.69, 9.17) is 5.73 Å². The number of benzene rings is 1. The number of phenolic OH excluding ortho intramolecular Hbond substituents is 1. The van der Waals surface area contributed by atoms with Crippen LogP contribution in [0, 0.1) is 24.2 Å². The van der Waals surface area contributed by atoms with Gasteiger partial charge in [-0.25, -0.2) is 0 Å². The zero-order chi connectivity index (χ0) is 24.6. The zero-order valence-corrected chi connectivity index (χ0v) is 18.2. The standard InChI is InChI=1S/C22H22N4O7.CH4/c1-7-4-11(25-24)9-5-8-6-10-15(26(2)3)18(29)14(21(23)32)20(31)22(10,33)19(30)12(8)17(28)13(9)16(7)27;/h4,8,10,15,33H,5-6H2,1-3H3,(H4-,23,27,28,29,30,31,32);1H4/p+1/t8?,10?,15-,22-;/m0./s1. The molecule has 0 radical (unpaired) electrons. The number of nitrogens with two attached hydrogens (primary N) is 1. The molecule has 3 aliphatic carbocycles. The minimum atomic E-state index is -2.69. The zero-order valence-electron chi connectivity index (χ0n) is 18.2. The lowest BCUT2D eigenvalue weighted by molar-refractivity contribution is -0.153. The third kappa shape index (κ3) is 2.96. The summed E-state index contributed by atoms with van der Waals surface area (Å²) in [5, 5.41) is 53.3. The Kier molecular flexibility index (Phi) is 5.80. The summed E-state index contributed by atoms with van der Waals surface area (Å²) in [6.07, 6.45) is 0.0209. The first kappa shape index (κ1) is 24.9. The number of primary amides is 1. The van der Waals surface area contributed by atoms with Crippen LogP contribution in [0.15, 0.2) is 23.0 Å². The number of aliphatic hydroxyl groups is 3. The summed E-state index contributed by atoms with van der Waals surface area (Å²) < 4.78 is 0. The van der Waals surface area contributed by atoms with Crippen molar-refractivity contribution in [1.29, 1.82) is 5.39 Å². The lowest BCUT2D eigenvalue weighted by Crippen LogP contribution is -2.65. The van der Waals surface area contributed by atoms with Gasteiger partial charge in [-0.05, 0) is 45.3 Å². The molecule has 0 bridgehead atoms. The SMILES string of the molecule is C.Cc1cc([N+]#N)c2c(c1O)C(O)=C1C(=O)[C@]3(O)C(O)=C(C(N)=O)C(=O)[C@@H](N(C)C)C3CC1C2. The monoisotopic (exact) mass is 471 g/mol. The number of rotatable bonds is 2. The van der Waals surface area contributed by atoms with Crippen molar-refractivity contribution < 1.29 is 34.8 Å². The van der Waals surface area contributed by atoms with Gasteiger partial charge in [0.15, 0.2) is 16.4 Å². The number of hydrogen-bond donors (Lipinski definition) is 5. The molecule has 2 unspecified atom stereocenters. The van der Waals surface area contributed by atoms with Gasteiger partial charge in [-0.1, -0.05) is 7.43 Å².